The van der Waals surface area contributed by atoms with Gasteiger partial charge in [-0.1, -0.05) is 0 Å². The summed E-state index contributed by atoms with van der Waals surface area (Å²) < 4.78 is 0. The highest BCUT2D eigenvalue weighted by atomic mass is 16.4. The molecule has 0 saturated carbocycles. The van der Waals surface area contributed by atoms with Gasteiger partial charge in [0.1, 0.15) is 12.3 Å². The standard InChI is InChI=1S/C6H12N2O3/c1-8(2)3-5(4-9)7-6(10)11/h4-5,7H,3H2,1-2H3,(H,10,11)/t5-/m1/s1. The molecule has 0 fully saturated rings. The number of aldehydes is 1. The van der Waals surface area contributed by atoms with Gasteiger partial charge in [-0.3, -0.25) is 0 Å². The van der Waals surface area contributed by atoms with Gasteiger partial charge in [-0.2, -0.15) is 0 Å². The Bertz CT molecular complexity index is 147. The minimum Gasteiger partial charge on any atom is -0.465 e. The molecule has 0 spiro atoms. The third-order valence-electron chi connectivity index (χ3n) is 1.03. The number of nitrogens with zero attached hydrogens (tertiary/aromatic N) is 1. The van der Waals surface area contributed by atoms with Crippen LogP contribution in [0.15, 0.2) is 0 Å². The summed E-state index contributed by atoms with van der Waals surface area (Å²) in [5.74, 6) is 0. The van der Waals surface area contributed by atoms with Gasteiger partial charge in [-0.05, 0) is 14.1 Å². The van der Waals surface area contributed by atoms with Crippen LogP contribution in [-0.2, 0) is 4.79 Å². The molecule has 5 heteroatoms. The first-order valence-electron chi connectivity index (χ1n) is 3.15. The average Bonchev–Trinajstić information content (AvgIpc) is 1.84. The number of nitrogens with one attached hydrogen (secondary N) is 1. The third-order valence-corrected chi connectivity index (χ3v) is 1.03. The van der Waals surface area contributed by atoms with Crippen LogP contribution in [0.5, 0.6) is 0 Å². The fourth-order valence-electron chi connectivity index (χ4n) is 0.675. The Kier molecular flexibility index (Phi) is 4.21. The molecule has 1 atom stereocenters. The van der Waals surface area contributed by atoms with Crippen molar-refractivity contribution in [3.8, 4) is 0 Å². The smallest absolute Gasteiger partial charge is 0.405 e. The van der Waals surface area contributed by atoms with Gasteiger partial charge in [0.15, 0.2) is 0 Å². The van der Waals surface area contributed by atoms with Gasteiger partial charge in [0.2, 0.25) is 0 Å². The molecule has 1 amide bonds. The summed E-state index contributed by atoms with van der Waals surface area (Å²) in [5, 5.41) is 10.3. The number of carboxylic acid groups (broad SMARTS) is 1. The van der Waals surface area contributed by atoms with Crippen LogP contribution < -0.4 is 5.32 Å². The molecule has 0 unspecified atom stereocenters. The molecule has 0 aliphatic carbocycles. The fourth-order valence-corrected chi connectivity index (χ4v) is 0.675. The first-order chi connectivity index (χ1) is 5.06. The number of amides is 1. The zero-order chi connectivity index (χ0) is 8.85. The lowest BCUT2D eigenvalue weighted by atomic mass is 10.3. The Morgan fingerprint density at radius 1 is 1.73 bits per heavy atom. The molecule has 64 valence electrons. The first-order valence-corrected chi connectivity index (χ1v) is 3.15. The maximum absolute atomic E-state index is 10.2. The monoisotopic (exact) mass is 160 g/mol. The van der Waals surface area contributed by atoms with Gasteiger partial charge in [0.05, 0.1) is 0 Å². The van der Waals surface area contributed by atoms with E-state index in [0.717, 1.165) is 0 Å². The van der Waals surface area contributed by atoms with Crippen molar-refractivity contribution < 1.29 is 14.7 Å². The van der Waals surface area contributed by atoms with Gasteiger partial charge in [0, 0.05) is 6.54 Å². The predicted molar refractivity (Wildman–Crippen MR) is 39.6 cm³/mol. The van der Waals surface area contributed by atoms with Crippen molar-refractivity contribution >= 4 is 12.4 Å². The van der Waals surface area contributed by atoms with Crippen LogP contribution in [0, 0.1) is 0 Å². The lowest BCUT2D eigenvalue weighted by molar-refractivity contribution is -0.109. The fraction of sp³-hybridized carbons (Fsp3) is 0.667. The number of rotatable bonds is 4. The second-order valence-corrected chi connectivity index (χ2v) is 2.45. The van der Waals surface area contributed by atoms with Gasteiger partial charge in [-0.25, -0.2) is 4.79 Å². The summed E-state index contributed by atoms with van der Waals surface area (Å²) >= 11 is 0. The number of hydrogen-bond donors (Lipinski definition) is 2. The zero-order valence-electron chi connectivity index (χ0n) is 6.57. The van der Waals surface area contributed by atoms with Crippen molar-refractivity contribution in [1.29, 1.82) is 0 Å². The van der Waals surface area contributed by atoms with Crippen molar-refractivity contribution in [2.75, 3.05) is 20.6 Å². The number of carbonyl (C=O) groups is 2. The van der Waals surface area contributed by atoms with Gasteiger partial charge in [0.25, 0.3) is 0 Å². The molecule has 0 bridgehead atoms. The number of hydrogen-bond acceptors (Lipinski definition) is 3. The van der Waals surface area contributed by atoms with Crippen LogP contribution >= 0.6 is 0 Å². The molecule has 0 aromatic carbocycles. The zero-order valence-corrected chi connectivity index (χ0v) is 6.57. The predicted octanol–water partition coefficient (Wildman–Crippen LogP) is -0.617. The Balaban J connectivity index is 3.76. The maximum Gasteiger partial charge on any atom is 0.405 e. The average molecular weight is 160 g/mol. The molecular weight excluding hydrogens is 148 g/mol. The highest BCUT2D eigenvalue weighted by molar-refractivity contribution is 5.71. The van der Waals surface area contributed by atoms with E-state index >= 15 is 0 Å². The normalized spacial score (nSPS) is 12.6. The first kappa shape index (κ1) is 9.90. The van der Waals surface area contributed by atoms with Crippen LogP contribution in [0.3, 0.4) is 0 Å². The molecule has 0 aromatic heterocycles. The van der Waals surface area contributed by atoms with Crippen molar-refractivity contribution in [2.45, 2.75) is 6.04 Å². The quantitative estimate of drug-likeness (QED) is 0.538. The summed E-state index contributed by atoms with van der Waals surface area (Å²) in [7, 11) is 3.53. The summed E-state index contributed by atoms with van der Waals surface area (Å²) in [6.07, 6.45) is -0.599. The van der Waals surface area contributed by atoms with Crippen LogP contribution in [0.2, 0.25) is 0 Å². The van der Waals surface area contributed by atoms with Crippen molar-refractivity contribution in [2.24, 2.45) is 0 Å². The molecule has 11 heavy (non-hydrogen) atoms. The second kappa shape index (κ2) is 4.68. The van der Waals surface area contributed by atoms with Crippen LogP contribution in [0.25, 0.3) is 0 Å². The molecule has 0 saturated heterocycles. The highest BCUT2D eigenvalue weighted by Crippen LogP contribution is 1.82. The van der Waals surface area contributed by atoms with E-state index in [2.05, 4.69) is 5.32 Å². The summed E-state index contributed by atoms with van der Waals surface area (Å²) in [6, 6.07) is -0.637. The molecule has 0 radical (unpaired) electrons. The van der Waals surface area contributed by atoms with E-state index in [1.54, 1.807) is 19.0 Å². The largest absolute Gasteiger partial charge is 0.465 e. The molecule has 0 rings (SSSR count). The topological polar surface area (TPSA) is 69.6 Å². The maximum atomic E-state index is 10.2. The number of carbonyl (C=O) groups excluding carboxylic acids is 1. The molecule has 0 aliphatic rings. The van der Waals surface area contributed by atoms with Gasteiger partial charge < -0.3 is 20.1 Å². The second-order valence-electron chi connectivity index (χ2n) is 2.45. The molecule has 0 aliphatic heterocycles. The van der Waals surface area contributed by atoms with Crippen molar-refractivity contribution in [3.05, 3.63) is 0 Å². The van der Waals surface area contributed by atoms with E-state index in [0.29, 0.717) is 12.8 Å². The van der Waals surface area contributed by atoms with Gasteiger partial charge >= 0.3 is 6.09 Å². The van der Waals surface area contributed by atoms with E-state index in [4.69, 9.17) is 5.11 Å². The minimum atomic E-state index is -1.18. The lowest BCUT2D eigenvalue weighted by Gasteiger charge is -2.14. The summed E-state index contributed by atoms with van der Waals surface area (Å²) in [6.45, 7) is 0.385. The molecule has 0 aromatic rings. The van der Waals surface area contributed by atoms with E-state index < -0.39 is 12.1 Å². The van der Waals surface area contributed by atoms with Gasteiger partial charge in [-0.15, -0.1) is 0 Å². The molecule has 2 N–H and O–H groups in total. The van der Waals surface area contributed by atoms with E-state index in [-0.39, 0.29) is 0 Å². The molecule has 0 heterocycles. The summed E-state index contributed by atoms with van der Waals surface area (Å²) in [4.78, 5) is 22.0. The Morgan fingerprint density at radius 2 is 2.27 bits per heavy atom. The molecular formula is C6H12N2O3. The Labute approximate surface area is 65.0 Å². The third kappa shape index (κ3) is 5.35. The summed E-state index contributed by atoms with van der Waals surface area (Å²) in [5.41, 5.74) is 0. The van der Waals surface area contributed by atoms with E-state index in [1.807, 2.05) is 0 Å². The van der Waals surface area contributed by atoms with E-state index in [1.165, 1.54) is 0 Å². The van der Waals surface area contributed by atoms with Crippen LogP contribution in [-0.4, -0.2) is 49.1 Å². The lowest BCUT2D eigenvalue weighted by Crippen LogP contribution is -2.42. The highest BCUT2D eigenvalue weighted by Gasteiger charge is 2.09. The van der Waals surface area contributed by atoms with Crippen molar-refractivity contribution in [1.82, 2.24) is 10.2 Å². The Morgan fingerprint density at radius 3 is 2.55 bits per heavy atom. The number of likely N-dealkylation sites (N-methyl/N-ethyl adjacent to an activating group) is 1. The SMILES string of the molecule is CN(C)C[C@H](C=O)NC(=O)O. The van der Waals surface area contributed by atoms with Crippen LogP contribution in [0.1, 0.15) is 0 Å². The Hall–Kier alpha value is -1.10. The molecule has 5 nitrogen and oxygen atoms in total. The van der Waals surface area contributed by atoms with Crippen molar-refractivity contribution in [3.63, 3.8) is 0 Å². The van der Waals surface area contributed by atoms with E-state index in [9.17, 15) is 9.59 Å². The van der Waals surface area contributed by atoms with Crippen LogP contribution in [0.4, 0.5) is 4.79 Å². The minimum absolute atomic E-state index is 0.385.